The predicted molar refractivity (Wildman–Crippen MR) is 112 cm³/mol. The summed E-state index contributed by atoms with van der Waals surface area (Å²) < 4.78 is 78.0. The number of nitrogens with zero attached hydrogens (tertiary/aromatic N) is 2. The molecule has 0 fully saturated rings. The van der Waals surface area contributed by atoms with Crippen molar-refractivity contribution < 1.29 is 36.2 Å². The number of pyridine rings is 1. The lowest BCUT2D eigenvalue weighted by Crippen LogP contribution is -2.30. The van der Waals surface area contributed by atoms with Gasteiger partial charge in [0.25, 0.3) is 0 Å². The molecule has 1 N–H and O–H groups in total. The highest BCUT2D eigenvalue weighted by molar-refractivity contribution is 6.05. The third kappa shape index (κ3) is 4.61. The zero-order valence-electron chi connectivity index (χ0n) is 17.3. The normalized spacial score (nSPS) is 14.2. The van der Waals surface area contributed by atoms with Crippen LogP contribution in [0.3, 0.4) is 0 Å². The molecule has 0 bridgehead atoms. The van der Waals surface area contributed by atoms with Gasteiger partial charge in [0, 0.05) is 18.3 Å². The van der Waals surface area contributed by atoms with Crippen molar-refractivity contribution in [1.82, 2.24) is 4.98 Å². The molecule has 0 amide bonds. The average Bonchev–Trinajstić information content (AvgIpc) is 2.79. The van der Waals surface area contributed by atoms with E-state index in [1.807, 2.05) is 0 Å². The lowest BCUT2D eigenvalue weighted by atomic mass is 9.95. The standard InChI is InChI=1S/C24H16F6N2O2/c25-23(26,27)15-8-6-14(7-9-15)11-20(33)19-13-32(22-18(21(19)34)5-2-10-31-22)17-4-1-3-16(12-17)24(28,29)30/h1-10,12,34H,11,13H2. The minimum atomic E-state index is -4.59. The van der Waals surface area contributed by atoms with Crippen LogP contribution in [0.2, 0.25) is 0 Å². The van der Waals surface area contributed by atoms with Gasteiger partial charge in [0.1, 0.15) is 11.6 Å². The van der Waals surface area contributed by atoms with E-state index in [4.69, 9.17) is 0 Å². The van der Waals surface area contributed by atoms with Gasteiger partial charge in [-0.3, -0.25) is 4.79 Å². The molecule has 176 valence electrons. The SMILES string of the molecule is O=C(Cc1ccc(C(F)(F)F)cc1)C1=C(O)c2cccnc2N(c2cccc(C(F)(F)F)c2)C1. The number of alkyl halides is 6. The van der Waals surface area contributed by atoms with E-state index in [0.717, 1.165) is 24.3 Å². The van der Waals surface area contributed by atoms with Gasteiger partial charge in [-0.25, -0.2) is 4.98 Å². The summed E-state index contributed by atoms with van der Waals surface area (Å²) in [4.78, 5) is 18.5. The Hall–Kier alpha value is -3.82. The van der Waals surface area contributed by atoms with Gasteiger partial charge >= 0.3 is 12.4 Å². The largest absolute Gasteiger partial charge is 0.507 e. The predicted octanol–water partition coefficient (Wildman–Crippen LogP) is 6.35. The van der Waals surface area contributed by atoms with Gasteiger partial charge in [0.05, 0.1) is 28.8 Å². The third-order valence-corrected chi connectivity index (χ3v) is 5.37. The number of anilines is 2. The number of carbonyl (C=O) groups excluding carboxylic acids is 1. The molecule has 2 aromatic carbocycles. The van der Waals surface area contributed by atoms with Gasteiger partial charge in [-0.05, 0) is 48.0 Å². The number of carbonyl (C=O) groups is 1. The van der Waals surface area contributed by atoms with E-state index in [1.54, 1.807) is 0 Å². The maximum Gasteiger partial charge on any atom is 0.416 e. The fraction of sp³-hybridized carbons (Fsp3) is 0.167. The number of Topliss-reactive ketones (excluding diaryl/α,β-unsaturated/α-hetero) is 1. The maximum absolute atomic E-state index is 13.2. The van der Waals surface area contributed by atoms with Crippen molar-refractivity contribution in [3.63, 3.8) is 0 Å². The minimum Gasteiger partial charge on any atom is -0.507 e. The first kappa shape index (κ1) is 23.3. The second-order valence-corrected chi connectivity index (χ2v) is 7.63. The van der Waals surface area contributed by atoms with E-state index >= 15 is 0 Å². The van der Waals surface area contributed by atoms with Crippen LogP contribution in [-0.2, 0) is 23.6 Å². The lowest BCUT2D eigenvalue weighted by molar-refractivity contribution is -0.138. The Morgan fingerprint density at radius 3 is 2.24 bits per heavy atom. The van der Waals surface area contributed by atoms with Crippen molar-refractivity contribution in [3.05, 3.63) is 94.7 Å². The van der Waals surface area contributed by atoms with Crippen molar-refractivity contribution in [2.45, 2.75) is 18.8 Å². The molecule has 1 aliphatic heterocycles. The number of halogens is 6. The van der Waals surface area contributed by atoms with Crippen LogP contribution in [0.1, 0.15) is 22.3 Å². The molecule has 0 saturated carbocycles. The molecule has 0 saturated heterocycles. The van der Waals surface area contributed by atoms with Gasteiger partial charge in [-0.1, -0.05) is 18.2 Å². The van der Waals surface area contributed by atoms with Crippen LogP contribution in [0.4, 0.5) is 37.8 Å². The van der Waals surface area contributed by atoms with Crippen LogP contribution in [-0.4, -0.2) is 22.4 Å². The number of hydrogen-bond donors (Lipinski definition) is 1. The van der Waals surface area contributed by atoms with Gasteiger partial charge in [-0.15, -0.1) is 0 Å². The fourth-order valence-corrected chi connectivity index (χ4v) is 3.65. The molecule has 34 heavy (non-hydrogen) atoms. The summed E-state index contributed by atoms with van der Waals surface area (Å²) in [6.07, 6.45) is -8.00. The molecule has 1 aromatic heterocycles. The molecule has 3 aromatic rings. The van der Waals surface area contributed by atoms with Crippen LogP contribution in [0.25, 0.3) is 5.76 Å². The molecule has 4 rings (SSSR count). The van der Waals surface area contributed by atoms with Crippen molar-refractivity contribution >= 4 is 23.0 Å². The van der Waals surface area contributed by atoms with Crippen molar-refractivity contribution in [2.24, 2.45) is 0 Å². The lowest BCUT2D eigenvalue weighted by Gasteiger charge is -2.31. The van der Waals surface area contributed by atoms with E-state index in [2.05, 4.69) is 4.98 Å². The number of rotatable bonds is 4. The topological polar surface area (TPSA) is 53.4 Å². The summed E-state index contributed by atoms with van der Waals surface area (Å²) >= 11 is 0. The molecule has 0 unspecified atom stereocenters. The first-order chi connectivity index (χ1) is 15.9. The molecule has 0 aliphatic carbocycles. The van der Waals surface area contributed by atoms with Gasteiger partial charge in [0.2, 0.25) is 0 Å². The number of hydrogen-bond acceptors (Lipinski definition) is 4. The molecule has 4 nitrogen and oxygen atoms in total. The fourth-order valence-electron chi connectivity index (χ4n) is 3.65. The van der Waals surface area contributed by atoms with E-state index < -0.39 is 29.3 Å². The van der Waals surface area contributed by atoms with Gasteiger partial charge in [0.15, 0.2) is 5.78 Å². The Labute approximate surface area is 189 Å². The molecule has 0 spiro atoms. The zero-order chi connectivity index (χ0) is 24.7. The average molecular weight is 478 g/mol. The molecule has 0 atom stereocenters. The molecule has 0 radical (unpaired) electrons. The van der Waals surface area contributed by atoms with Crippen LogP contribution >= 0.6 is 0 Å². The Kier molecular flexibility index (Phi) is 5.84. The number of aliphatic hydroxyl groups is 1. The van der Waals surface area contributed by atoms with E-state index in [-0.39, 0.29) is 41.4 Å². The van der Waals surface area contributed by atoms with Crippen molar-refractivity contribution in [3.8, 4) is 0 Å². The summed E-state index contributed by atoms with van der Waals surface area (Å²) in [5.41, 5.74) is -1.28. The van der Waals surface area contributed by atoms with E-state index in [9.17, 15) is 36.2 Å². The monoisotopic (exact) mass is 478 g/mol. The molecule has 2 heterocycles. The van der Waals surface area contributed by atoms with Crippen molar-refractivity contribution in [2.75, 3.05) is 11.4 Å². The summed E-state index contributed by atoms with van der Waals surface area (Å²) in [5.74, 6) is -0.780. The summed E-state index contributed by atoms with van der Waals surface area (Å²) in [5, 5.41) is 10.7. The third-order valence-electron chi connectivity index (χ3n) is 5.37. The Balaban J connectivity index is 1.68. The first-order valence-corrected chi connectivity index (χ1v) is 9.97. The van der Waals surface area contributed by atoms with Crippen LogP contribution in [0.15, 0.2) is 72.4 Å². The molecular weight excluding hydrogens is 462 g/mol. The Bertz CT molecular complexity index is 1260. The number of fused-ring (bicyclic) bond motifs is 1. The summed E-state index contributed by atoms with van der Waals surface area (Å²) in [7, 11) is 0. The Morgan fingerprint density at radius 1 is 0.912 bits per heavy atom. The molecular formula is C24H16F6N2O2. The number of aliphatic hydroxyl groups excluding tert-OH is 1. The highest BCUT2D eigenvalue weighted by Gasteiger charge is 2.34. The zero-order valence-corrected chi connectivity index (χ0v) is 17.3. The number of aromatic nitrogens is 1. The smallest absolute Gasteiger partial charge is 0.416 e. The van der Waals surface area contributed by atoms with Crippen LogP contribution in [0.5, 0.6) is 0 Å². The van der Waals surface area contributed by atoms with Crippen LogP contribution in [0, 0.1) is 0 Å². The molecule has 1 aliphatic rings. The van der Waals surface area contributed by atoms with Crippen LogP contribution < -0.4 is 4.90 Å². The van der Waals surface area contributed by atoms with Gasteiger partial charge < -0.3 is 10.0 Å². The highest BCUT2D eigenvalue weighted by Crippen LogP contribution is 2.39. The van der Waals surface area contributed by atoms with E-state index in [0.29, 0.717) is 5.56 Å². The first-order valence-electron chi connectivity index (χ1n) is 9.97. The second-order valence-electron chi connectivity index (χ2n) is 7.63. The molecule has 10 heteroatoms. The van der Waals surface area contributed by atoms with Gasteiger partial charge in [-0.2, -0.15) is 26.3 Å². The Morgan fingerprint density at radius 2 is 1.59 bits per heavy atom. The number of ketones is 1. The second kappa shape index (κ2) is 8.51. The van der Waals surface area contributed by atoms with E-state index in [1.165, 1.54) is 47.5 Å². The highest BCUT2D eigenvalue weighted by atomic mass is 19.4. The maximum atomic E-state index is 13.2. The van der Waals surface area contributed by atoms with Crippen molar-refractivity contribution in [1.29, 1.82) is 0 Å². The minimum absolute atomic E-state index is 0.0854. The summed E-state index contributed by atoms with van der Waals surface area (Å²) in [6, 6.07) is 11.5. The summed E-state index contributed by atoms with van der Waals surface area (Å²) in [6.45, 7) is -0.267. The number of benzene rings is 2. The quantitative estimate of drug-likeness (QED) is 0.444.